The van der Waals surface area contributed by atoms with Crippen molar-refractivity contribution in [2.24, 2.45) is 36.0 Å². The number of halogens is 1. The Bertz CT molecular complexity index is 1130. The van der Waals surface area contributed by atoms with E-state index < -0.39 is 0 Å². The zero-order chi connectivity index (χ0) is 23.8. The van der Waals surface area contributed by atoms with Gasteiger partial charge in [0.05, 0.1) is 0 Å². The molecular formula is C26H32ClN5O2. The number of nitrogens with one attached hydrogen (secondary N) is 1. The minimum atomic E-state index is -0.366. The van der Waals surface area contributed by atoms with Gasteiger partial charge in [-0.05, 0) is 73.8 Å². The second kappa shape index (κ2) is 7.74. The largest absolute Gasteiger partial charge is 0.369 e. The fourth-order valence-corrected chi connectivity index (χ4v) is 8.16. The van der Waals surface area contributed by atoms with Crippen LogP contribution in [0.25, 0.3) is 0 Å². The minimum absolute atomic E-state index is 0.0557. The smallest absolute Gasteiger partial charge is 0.273 e. The quantitative estimate of drug-likeness (QED) is 0.686. The molecule has 0 spiro atoms. The van der Waals surface area contributed by atoms with Crippen LogP contribution in [0.3, 0.4) is 0 Å². The van der Waals surface area contributed by atoms with Crippen molar-refractivity contribution in [1.29, 1.82) is 0 Å². The summed E-state index contributed by atoms with van der Waals surface area (Å²) in [6.45, 7) is 0. The number of aromatic nitrogens is 2. The van der Waals surface area contributed by atoms with Crippen LogP contribution in [0.15, 0.2) is 24.3 Å². The molecule has 8 heteroatoms. The molecule has 0 aliphatic heterocycles. The van der Waals surface area contributed by atoms with E-state index in [1.807, 2.05) is 14.1 Å². The molecule has 4 fully saturated rings. The van der Waals surface area contributed by atoms with E-state index in [4.69, 9.17) is 17.3 Å². The molecule has 0 saturated heterocycles. The maximum Gasteiger partial charge on any atom is 0.273 e. The highest BCUT2D eigenvalue weighted by atomic mass is 35.5. The Labute approximate surface area is 205 Å². The molecule has 4 bridgehead atoms. The molecule has 2 atom stereocenters. The van der Waals surface area contributed by atoms with Gasteiger partial charge in [-0.2, -0.15) is 5.10 Å². The van der Waals surface area contributed by atoms with Crippen molar-refractivity contribution in [3.63, 3.8) is 0 Å². The van der Waals surface area contributed by atoms with Gasteiger partial charge < -0.3 is 16.0 Å². The van der Waals surface area contributed by atoms with E-state index in [1.54, 1.807) is 4.68 Å². The van der Waals surface area contributed by atoms with E-state index in [0.29, 0.717) is 22.8 Å². The highest BCUT2D eigenvalue weighted by molar-refractivity contribution is 6.36. The molecule has 2 unspecified atom stereocenters. The number of nitrogens with two attached hydrogens (primary N) is 1. The number of amides is 2. The predicted octanol–water partition coefficient (Wildman–Crippen LogP) is 3.09. The van der Waals surface area contributed by atoms with Gasteiger partial charge in [-0.1, -0.05) is 35.9 Å². The molecular weight excluding hydrogens is 450 g/mol. The van der Waals surface area contributed by atoms with Gasteiger partial charge in [0.15, 0.2) is 5.69 Å². The molecule has 0 radical (unpaired) electrons. The van der Waals surface area contributed by atoms with Crippen LogP contribution >= 0.6 is 11.6 Å². The second-order valence-electron chi connectivity index (χ2n) is 11.2. The first-order valence-corrected chi connectivity index (χ1v) is 12.8. The standard InChI is InChI=1S/C26H32ClN5O2/c1-31(19-9-15-5-3-4-6-16(15)10-19)24-20(27)22(30-32(24)2)23(33)29-21-17-7-14-8-18(21)13-26(11-14,12-17)25(28)34/h3-6,14,17-19,21H,7-13H2,1-2H3,(H2,28,34)(H,29,33). The topological polar surface area (TPSA) is 93.2 Å². The van der Waals surface area contributed by atoms with Gasteiger partial charge in [-0.15, -0.1) is 0 Å². The maximum absolute atomic E-state index is 13.4. The third kappa shape index (κ3) is 3.27. The fourth-order valence-electron chi connectivity index (χ4n) is 7.78. The van der Waals surface area contributed by atoms with E-state index in [9.17, 15) is 9.59 Å². The summed E-state index contributed by atoms with van der Waals surface area (Å²) in [5.41, 5.74) is 8.46. The minimum Gasteiger partial charge on any atom is -0.369 e. The number of aryl methyl sites for hydroxylation is 1. The first kappa shape index (κ1) is 22.0. The summed E-state index contributed by atoms with van der Waals surface area (Å²) in [5, 5.41) is 8.20. The normalized spacial score (nSPS) is 31.5. The number of carbonyl (C=O) groups excluding carboxylic acids is 2. The second-order valence-corrected chi connectivity index (χ2v) is 11.5. The molecule has 3 N–H and O–H groups in total. The number of hydrogen-bond acceptors (Lipinski definition) is 4. The lowest BCUT2D eigenvalue weighted by Crippen LogP contribution is -2.62. The molecule has 2 amide bonds. The van der Waals surface area contributed by atoms with E-state index in [0.717, 1.165) is 50.8 Å². The van der Waals surface area contributed by atoms with Crippen molar-refractivity contribution >= 4 is 29.2 Å². The number of hydrogen-bond donors (Lipinski definition) is 2. The monoisotopic (exact) mass is 481 g/mol. The van der Waals surface area contributed by atoms with Gasteiger partial charge in [-0.25, -0.2) is 0 Å². The van der Waals surface area contributed by atoms with Crippen molar-refractivity contribution in [2.45, 2.75) is 57.0 Å². The van der Waals surface area contributed by atoms with E-state index in [1.165, 1.54) is 11.1 Å². The Morgan fingerprint density at radius 2 is 1.76 bits per heavy atom. The average Bonchev–Trinajstić information content (AvgIpc) is 3.36. The first-order chi connectivity index (χ1) is 16.3. The zero-order valence-electron chi connectivity index (χ0n) is 19.8. The van der Waals surface area contributed by atoms with Crippen LogP contribution in [0.1, 0.15) is 53.7 Å². The van der Waals surface area contributed by atoms with Crippen LogP contribution in [0, 0.1) is 23.2 Å². The molecule has 180 valence electrons. The number of anilines is 1. The Kier molecular flexibility index (Phi) is 5.00. The van der Waals surface area contributed by atoms with Crippen molar-refractivity contribution < 1.29 is 9.59 Å². The number of benzene rings is 1. The number of fused-ring (bicyclic) bond motifs is 1. The van der Waals surface area contributed by atoms with E-state index in [2.05, 4.69) is 39.6 Å². The highest BCUT2D eigenvalue weighted by Gasteiger charge is 2.58. The summed E-state index contributed by atoms with van der Waals surface area (Å²) in [7, 11) is 3.87. The molecule has 4 saturated carbocycles. The third-order valence-corrected chi connectivity index (χ3v) is 9.53. The summed E-state index contributed by atoms with van der Waals surface area (Å²) in [6.07, 6.45) is 6.50. The van der Waals surface area contributed by atoms with Gasteiger partial charge in [0.25, 0.3) is 5.91 Å². The third-order valence-electron chi connectivity index (χ3n) is 9.18. The number of rotatable bonds is 5. The lowest BCUT2D eigenvalue weighted by molar-refractivity contribution is -0.145. The number of primary amides is 1. The van der Waals surface area contributed by atoms with E-state index in [-0.39, 0.29) is 35.0 Å². The highest BCUT2D eigenvalue weighted by Crippen LogP contribution is 2.60. The van der Waals surface area contributed by atoms with Gasteiger partial charge in [-0.3, -0.25) is 14.3 Å². The summed E-state index contributed by atoms with van der Waals surface area (Å²) in [4.78, 5) is 27.8. The van der Waals surface area contributed by atoms with Crippen LogP contribution < -0.4 is 16.0 Å². The lowest BCUT2D eigenvalue weighted by atomic mass is 9.47. The lowest BCUT2D eigenvalue weighted by Gasteiger charge is -2.58. The van der Waals surface area contributed by atoms with Crippen LogP contribution in [0.5, 0.6) is 0 Å². The molecule has 2 aromatic rings. The van der Waals surface area contributed by atoms with Crippen molar-refractivity contribution in [3.05, 3.63) is 46.1 Å². The fraction of sp³-hybridized carbons (Fsp3) is 0.577. The van der Waals surface area contributed by atoms with Crippen LogP contribution in [-0.2, 0) is 24.7 Å². The van der Waals surface area contributed by atoms with Gasteiger partial charge in [0.2, 0.25) is 5.91 Å². The average molecular weight is 482 g/mol. The van der Waals surface area contributed by atoms with Gasteiger partial charge in [0.1, 0.15) is 10.8 Å². The Morgan fingerprint density at radius 3 is 2.35 bits per heavy atom. The predicted molar refractivity (Wildman–Crippen MR) is 131 cm³/mol. The molecule has 1 heterocycles. The Morgan fingerprint density at radius 1 is 1.15 bits per heavy atom. The molecule has 1 aromatic heterocycles. The number of likely N-dealkylation sites (N-methyl/N-ethyl adjacent to an activating group) is 1. The molecule has 7 nitrogen and oxygen atoms in total. The van der Waals surface area contributed by atoms with Crippen molar-refractivity contribution in [2.75, 3.05) is 11.9 Å². The van der Waals surface area contributed by atoms with Crippen LogP contribution in [-0.4, -0.2) is 40.7 Å². The summed E-state index contributed by atoms with van der Waals surface area (Å²) >= 11 is 6.79. The van der Waals surface area contributed by atoms with Crippen LogP contribution in [0.2, 0.25) is 5.02 Å². The van der Waals surface area contributed by atoms with Gasteiger partial charge >= 0.3 is 0 Å². The molecule has 5 aliphatic rings. The molecule has 1 aromatic carbocycles. The van der Waals surface area contributed by atoms with Crippen LogP contribution in [0.4, 0.5) is 5.82 Å². The SMILES string of the molecule is CN(c1c(Cl)c(C(=O)NC2C3CC4CC2CC(C(N)=O)(C4)C3)nn1C)C1Cc2ccccc2C1. The van der Waals surface area contributed by atoms with Crippen molar-refractivity contribution in [1.82, 2.24) is 15.1 Å². The molecule has 34 heavy (non-hydrogen) atoms. The molecule has 5 aliphatic carbocycles. The Balaban J connectivity index is 1.20. The summed E-state index contributed by atoms with van der Waals surface area (Å²) < 4.78 is 1.72. The summed E-state index contributed by atoms with van der Waals surface area (Å²) in [5.74, 6) is 1.52. The van der Waals surface area contributed by atoms with E-state index >= 15 is 0 Å². The zero-order valence-corrected chi connectivity index (χ0v) is 20.5. The maximum atomic E-state index is 13.4. The van der Waals surface area contributed by atoms with Gasteiger partial charge in [0, 0.05) is 31.6 Å². The first-order valence-electron chi connectivity index (χ1n) is 12.4. The number of nitrogens with zero attached hydrogens (tertiary/aromatic N) is 3. The Hall–Kier alpha value is -2.54. The van der Waals surface area contributed by atoms with Crippen molar-refractivity contribution in [3.8, 4) is 0 Å². The summed E-state index contributed by atoms with van der Waals surface area (Å²) in [6, 6.07) is 8.85. The number of carbonyl (C=O) groups is 2. The molecule has 7 rings (SSSR count).